The minimum atomic E-state index is -1.12. The van der Waals surface area contributed by atoms with Crippen LogP contribution in [0.1, 0.15) is 27.2 Å². The average Bonchev–Trinajstić information content (AvgIpc) is 2.19. The summed E-state index contributed by atoms with van der Waals surface area (Å²) in [5.74, 6) is -1.12. The molecule has 1 unspecified atom stereocenters. The lowest BCUT2D eigenvalue weighted by atomic mass is 10.2. The number of hydrogen-bond donors (Lipinski definition) is 2. The van der Waals surface area contributed by atoms with Gasteiger partial charge in [-0.3, -0.25) is 0 Å². The van der Waals surface area contributed by atoms with Crippen LogP contribution in [0.3, 0.4) is 0 Å². The molecular weight excluding hydrogens is 238 g/mol. The molecule has 0 fully saturated rings. The highest BCUT2D eigenvalue weighted by atomic mass is 16.6. The van der Waals surface area contributed by atoms with E-state index in [2.05, 4.69) is 11.9 Å². The molecule has 1 amide bonds. The van der Waals surface area contributed by atoms with Gasteiger partial charge in [0.1, 0.15) is 11.6 Å². The molecule has 0 aliphatic rings. The molecule has 0 aromatic rings. The average molecular weight is 259 g/mol. The number of rotatable bonds is 7. The number of carboxylic acid groups (broad SMARTS) is 1. The third-order valence-electron chi connectivity index (χ3n) is 1.78. The van der Waals surface area contributed by atoms with E-state index in [1.807, 2.05) is 0 Å². The molecule has 0 aromatic heterocycles. The van der Waals surface area contributed by atoms with Crippen LogP contribution in [0.5, 0.6) is 0 Å². The van der Waals surface area contributed by atoms with Crippen LogP contribution in [0.25, 0.3) is 0 Å². The van der Waals surface area contributed by atoms with E-state index < -0.39 is 23.7 Å². The number of carbonyl (C=O) groups is 2. The molecule has 0 aliphatic heterocycles. The summed E-state index contributed by atoms with van der Waals surface area (Å²) in [7, 11) is 0. The van der Waals surface area contributed by atoms with Crippen molar-refractivity contribution in [2.24, 2.45) is 0 Å². The van der Waals surface area contributed by atoms with E-state index in [-0.39, 0.29) is 13.0 Å². The largest absolute Gasteiger partial charge is 0.480 e. The number of nitrogens with one attached hydrogen (secondary N) is 1. The molecule has 1 atom stereocenters. The predicted molar refractivity (Wildman–Crippen MR) is 66.4 cm³/mol. The Morgan fingerprint density at radius 3 is 2.50 bits per heavy atom. The Labute approximate surface area is 107 Å². The van der Waals surface area contributed by atoms with E-state index in [4.69, 9.17) is 14.6 Å². The van der Waals surface area contributed by atoms with Gasteiger partial charge >= 0.3 is 12.1 Å². The summed E-state index contributed by atoms with van der Waals surface area (Å²) in [6.45, 7) is 9.15. The standard InChI is InChI=1S/C12H21NO5/c1-5-7-17-8-6-9(10(14)15)13-11(16)18-12(2,3)4/h5,9H,1,6-8H2,2-4H3,(H,13,16)(H,14,15). The SMILES string of the molecule is C=CCOCCC(NC(=O)OC(C)(C)C)C(=O)O. The first-order chi connectivity index (χ1) is 8.26. The lowest BCUT2D eigenvalue weighted by Crippen LogP contribution is -2.44. The second-order valence-corrected chi connectivity index (χ2v) is 4.69. The van der Waals surface area contributed by atoms with Crippen molar-refractivity contribution in [1.29, 1.82) is 0 Å². The molecule has 18 heavy (non-hydrogen) atoms. The molecule has 2 N–H and O–H groups in total. The first-order valence-corrected chi connectivity index (χ1v) is 5.67. The zero-order chi connectivity index (χ0) is 14.2. The highest BCUT2D eigenvalue weighted by molar-refractivity contribution is 5.79. The summed E-state index contributed by atoms with van der Waals surface area (Å²) in [6, 6.07) is -1.02. The molecule has 0 heterocycles. The second-order valence-electron chi connectivity index (χ2n) is 4.69. The van der Waals surface area contributed by atoms with E-state index in [1.165, 1.54) is 0 Å². The smallest absolute Gasteiger partial charge is 0.408 e. The van der Waals surface area contributed by atoms with Gasteiger partial charge in [-0.25, -0.2) is 9.59 Å². The molecule has 0 spiro atoms. The Bertz CT molecular complexity index is 295. The topological polar surface area (TPSA) is 84.9 Å². The van der Waals surface area contributed by atoms with Crippen molar-refractivity contribution in [3.8, 4) is 0 Å². The monoisotopic (exact) mass is 259 g/mol. The number of amides is 1. The molecule has 0 bridgehead atoms. The second kappa shape index (κ2) is 7.71. The van der Waals surface area contributed by atoms with Crippen LogP contribution in [-0.2, 0) is 14.3 Å². The van der Waals surface area contributed by atoms with Crippen molar-refractivity contribution >= 4 is 12.1 Å². The van der Waals surface area contributed by atoms with Crippen LogP contribution >= 0.6 is 0 Å². The minimum Gasteiger partial charge on any atom is -0.480 e. The van der Waals surface area contributed by atoms with Crippen molar-refractivity contribution < 1.29 is 24.2 Å². The number of carbonyl (C=O) groups excluding carboxylic acids is 1. The Hall–Kier alpha value is -1.56. The number of hydrogen-bond acceptors (Lipinski definition) is 4. The van der Waals surface area contributed by atoms with Gasteiger partial charge in [0, 0.05) is 13.0 Å². The fraction of sp³-hybridized carbons (Fsp3) is 0.667. The van der Waals surface area contributed by atoms with Gasteiger partial charge in [-0.2, -0.15) is 0 Å². The van der Waals surface area contributed by atoms with Crippen LogP contribution in [0.4, 0.5) is 4.79 Å². The Kier molecular flexibility index (Phi) is 7.04. The zero-order valence-corrected chi connectivity index (χ0v) is 11.1. The summed E-state index contributed by atoms with van der Waals surface area (Å²) in [6.07, 6.45) is 0.984. The Morgan fingerprint density at radius 2 is 2.06 bits per heavy atom. The molecule has 6 heteroatoms. The van der Waals surface area contributed by atoms with Crippen LogP contribution in [0, 0.1) is 0 Å². The maximum absolute atomic E-state index is 11.4. The third kappa shape index (κ3) is 8.58. The summed E-state index contributed by atoms with van der Waals surface area (Å²) < 4.78 is 10.0. The molecule has 104 valence electrons. The third-order valence-corrected chi connectivity index (χ3v) is 1.78. The van der Waals surface area contributed by atoms with Crippen molar-refractivity contribution in [3.63, 3.8) is 0 Å². The summed E-state index contributed by atoms with van der Waals surface area (Å²) in [5, 5.41) is 11.2. The highest BCUT2D eigenvalue weighted by Crippen LogP contribution is 2.07. The first-order valence-electron chi connectivity index (χ1n) is 5.67. The van der Waals surface area contributed by atoms with Crippen LogP contribution < -0.4 is 5.32 Å². The van der Waals surface area contributed by atoms with Gasteiger partial charge in [-0.1, -0.05) is 6.08 Å². The molecule has 0 saturated heterocycles. The van der Waals surface area contributed by atoms with Crippen LogP contribution in [0.15, 0.2) is 12.7 Å². The quantitative estimate of drug-likeness (QED) is 0.535. The summed E-state index contributed by atoms with van der Waals surface area (Å²) in [5.41, 5.74) is -0.660. The molecule has 0 radical (unpaired) electrons. The van der Waals surface area contributed by atoms with Gasteiger partial charge in [-0.05, 0) is 20.8 Å². The molecule has 6 nitrogen and oxygen atoms in total. The van der Waals surface area contributed by atoms with Crippen molar-refractivity contribution in [1.82, 2.24) is 5.32 Å². The number of aliphatic carboxylic acids is 1. The summed E-state index contributed by atoms with van der Waals surface area (Å²) >= 11 is 0. The Balaban J connectivity index is 4.15. The maximum Gasteiger partial charge on any atom is 0.408 e. The number of ether oxygens (including phenoxy) is 2. The molecule has 0 aromatic carbocycles. The van der Waals surface area contributed by atoms with Gasteiger partial charge < -0.3 is 19.9 Å². The highest BCUT2D eigenvalue weighted by Gasteiger charge is 2.23. The van der Waals surface area contributed by atoms with E-state index >= 15 is 0 Å². The molecular formula is C12H21NO5. The lowest BCUT2D eigenvalue weighted by molar-refractivity contribution is -0.140. The maximum atomic E-state index is 11.4. The van der Waals surface area contributed by atoms with Crippen molar-refractivity contribution in [2.45, 2.75) is 38.8 Å². The van der Waals surface area contributed by atoms with Gasteiger partial charge in [0.25, 0.3) is 0 Å². The van der Waals surface area contributed by atoms with Gasteiger partial charge in [-0.15, -0.1) is 6.58 Å². The molecule has 0 aliphatic carbocycles. The van der Waals surface area contributed by atoms with Gasteiger partial charge in [0.2, 0.25) is 0 Å². The minimum absolute atomic E-state index is 0.169. The van der Waals surface area contributed by atoms with Crippen molar-refractivity contribution in [2.75, 3.05) is 13.2 Å². The fourth-order valence-corrected chi connectivity index (χ4v) is 1.08. The normalized spacial score (nSPS) is 12.6. The number of carboxylic acids is 1. The first kappa shape index (κ1) is 16.4. The molecule has 0 saturated carbocycles. The van der Waals surface area contributed by atoms with E-state index in [9.17, 15) is 9.59 Å². The fourth-order valence-electron chi connectivity index (χ4n) is 1.08. The lowest BCUT2D eigenvalue weighted by Gasteiger charge is -2.21. The predicted octanol–water partition coefficient (Wildman–Crippen LogP) is 1.56. The zero-order valence-electron chi connectivity index (χ0n) is 11.1. The van der Waals surface area contributed by atoms with Gasteiger partial charge in [0.05, 0.1) is 6.61 Å². The van der Waals surface area contributed by atoms with Gasteiger partial charge in [0.15, 0.2) is 0 Å². The number of alkyl carbamates (subject to hydrolysis) is 1. The van der Waals surface area contributed by atoms with Crippen LogP contribution in [0.2, 0.25) is 0 Å². The summed E-state index contributed by atoms with van der Waals surface area (Å²) in [4.78, 5) is 22.3. The van der Waals surface area contributed by atoms with Crippen molar-refractivity contribution in [3.05, 3.63) is 12.7 Å². The Morgan fingerprint density at radius 1 is 1.44 bits per heavy atom. The van der Waals surface area contributed by atoms with Crippen LogP contribution in [-0.4, -0.2) is 42.0 Å². The van der Waals surface area contributed by atoms with E-state index in [0.29, 0.717) is 6.61 Å². The van der Waals surface area contributed by atoms with E-state index in [0.717, 1.165) is 0 Å². The van der Waals surface area contributed by atoms with E-state index in [1.54, 1.807) is 26.8 Å². The molecule has 0 rings (SSSR count).